The molecule has 88 valence electrons. The Morgan fingerprint density at radius 3 is 2.82 bits per heavy atom. The van der Waals surface area contributed by atoms with Gasteiger partial charge >= 0.3 is 6.03 Å². The Balaban J connectivity index is 2.17. The number of imide groups is 1. The predicted octanol–water partition coefficient (Wildman–Crippen LogP) is 1.10. The fourth-order valence-electron chi connectivity index (χ4n) is 2.29. The maximum absolute atomic E-state index is 13.3. The van der Waals surface area contributed by atoms with Gasteiger partial charge in [0.1, 0.15) is 5.75 Å². The zero-order chi connectivity index (χ0) is 12.0. The zero-order valence-corrected chi connectivity index (χ0v) is 8.77. The second kappa shape index (κ2) is 3.19. The fourth-order valence-corrected chi connectivity index (χ4v) is 2.29. The molecule has 0 aliphatic carbocycles. The molecule has 1 aromatic rings. The first kappa shape index (κ1) is 10.1. The molecule has 2 heterocycles. The standard InChI is InChI=1S/C11H9FN2O3/c12-14-9(15)11(13-10(14)16)5-6-17-8-4-2-1-3-7(8)11/h1-4H,5-6H2,(H,13,16). The number of urea groups is 1. The molecule has 6 heteroatoms. The van der Waals surface area contributed by atoms with Gasteiger partial charge in [-0.25, -0.2) is 4.79 Å². The molecule has 0 bridgehead atoms. The molecule has 1 N–H and O–H groups in total. The minimum Gasteiger partial charge on any atom is -0.493 e. The third kappa shape index (κ3) is 1.17. The van der Waals surface area contributed by atoms with Crippen LogP contribution >= 0.6 is 0 Å². The summed E-state index contributed by atoms with van der Waals surface area (Å²) in [7, 11) is 0. The molecule has 0 aromatic heterocycles. The van der Waals surface area contributed by atoms with Crippen molar-refractivity contribution in [3.63, 3.8) is 0 Å². The Bertz CT molecular complexity index is 519. The third-order valence-corrected chi connectivity index (χ3v) is 3.12. The number of nitrogens with one attached hydrogen (secondary N) is 1. The van der Waals surface area contributed by atoms with E-state index in [1.54, 1.807) is 24.3 Å². The molecule has 17 heavy (non-hydrogen) atoms. The van der Waals surface area contributed by atoms with Crippen LogP contribution in [0.4, 0.5) is 9.28 Å². The zero-order valence-electron chi connectivity index (χ0n) is 8.77. The molecule has 0 saturated carbocycles. The molecule has 0 radical (unpaired) electrons. The van der Waals surface area contributed by atoms with Crippen molar-refractivity contribution in [3.8, 4) is 5.75 Å². The number of halogens is 1. The van der Waals surface area contributed by atoms with E-state index in [-0.39, 0.29) is 18.1 Å². The molecule has 3 rings (SSSR count). The molecule has 5 nitrogen and oxygen atoms in total. The second-order valence-corrected chi connectivity index (χ2v) is 4.02. The van der Waals surface area contributed by atoms with E-state index in [1.807, 2.05) is 0 Å². The lowest BCUT2D eigenvalue weighted by atomic mass is 9.85. The van der Waals surface area contributed by atoms with E-state index in [9.17, 15) is 14.1 Å². The van der Waals surface area contributed by atoms with Gasteiger partial charge in [0.25, 0.3) is 5.91 Å². The maximum Gasteiger partial charge on any atom is 0.354 e. The molecule has 1 unspecified atom stereocenters. The van der Waals surface area contributed by atoms with Crippen LogP contribution in [0.25, 0.3) is 0 Å². The van der Waals surface area contributed by atoms with E-state index in [0.717, 1.165) is 0 Å². The van der Waals surface area contributed by atoms with Crippen molar-refractivity contribution in [2.24, 2.45) is 0 Å². The summed E-state index contributed by atoms with van der Waals surface area (Å²) in [5.41, 5.74) is -0.800. The fraction of sp³-hybridized carbons (Fsp3) is 0.273. The Labute approximate surface area is 96.1 Å². The van der Waals surface area contributed by atoms with Gasteiger partial charge in [-0.2, -0.15) is 0 Å². The maximum atomic E-state index is 13.3. The lowest BCUT2D eigenvalue weighted by Crippen LogP contribution is -2.47. The number of hydrogen-bond donors (Lipinski definition) is 1. The highest BCUT2D eigenvalue weighted by atomic mass is 19.2. The van der Waals surface area contributed by atoms with Crippen LogP contribution in [-0.4, -0.2) is 23.7 Å². The molecule has 2 aliphatic heterocycles. The van der Waals surface area contributed by atoms with Crippen molar-refractivity contribution in [2.75, 3.05) is 6.61 Å². The van der Waals surface area contributed by atoms with Gasteiger partial charge in [-0.05, 0) is 6.07 Å². The number of carbonyl (C=O) groups excluding carboxylic acids is 2. The summed E-state index contributed by atoms with van der Waals surface area (Å²) in [5.74, 6) is -0.374. The van der Waals surface area contributed by atoms with Gasteiger partial charge in [0.2, 0.25) is 0 Å². The van der Waals surface area contributed by atoms with Gasteiger partial charge in [0, 0.05) is 12.0 Å². The Morgan fingerprint density at radius 2 is 2.12 bits per heavy atom. The van der Waals surface area contributed by atoms with Crippen LogP contribution in [0.1, 0.15) is 12.0 Å². The SMILES string of the molecule is O=C1NC2(CCOc3ccccc32)C(=O)N1F. The minimum absolute atomic E-state index is 0.231. The Morgan fingerprint density at radius 1 is 1.35 bits per heavy atom. The summed E-state index contributed by atoms with van der Waals surface area (Å²) in [6.07, 6.45) is 0.231. The molecule has 3 amide bonds. The molecule has 1 saturated heterocycles. The summed E-state index contributed by atoms with van der Waals surface area (Å²) in [6, 6.07) is 5.80. The highest BCUT2D eigenvalue weighted by Crippen LogP contribution is 2.40. The minimum atomic E-state index is -1.30. The first-order chi connectivity index (χ1) is 8.15. The monoisotopic (exact) mass is 236 g/mol. The summed E-state index contributed by atoms with van der Waals surface area (Å²) < 4.78 is 18.6. The van der Waals surface area contributed by atoms with Gasteiger partial charge in [-0.3, -0.25) is 4.79 Å². The van der Waals surface area contributed by atoms with Crippen molar-refractivity contribution < 1.29 is 18.8 Å². The normalized spacial score (nSPS) is 26.8. The van der Waals surface area contributed by atoms with Crippen LogP contribution in [0.3, 0.4) is 0 Å². The average molecular weight is 236 g/mol. The van der Waals surface area contributed by atoms with E-state index < -0.39 is 17.5 Å². The van der Waals surface area contributed by atoms with Crippen LogP contribution < -0.4 is 10.1 Å². The van der Waals surface area contributed by atoms with Gasteiger partial charge < -0.3 is 10.1 Å². The summed E-state index contributed by atoms with van der Waals surface area (Å²) in [5, 5.41) is 2.03. The van der Waals surface area contributed by atoms with Crippen molar-refractivity contribution in [1.29, 1.82) is 0 Å². The summed E-state index contributed by atoms with van der Waals surface area (Å²) in [4.78, 5) is 23.1. The molecular formula is C11H9FN2O3. The van der Waals surface area contributed by atoms with E-state index in [1.165, 1.54) is 0 Å². The highest BCUT2D eigenvalue weighted by molar-refractivity contribution is 6.06. The summed E-state index contributed by atoms with van der Waals surface area (Å²) >= 11 is 0. The first-order valence-corrected chi connectivity index (χ1v) is 5.20. The van der Waals surface area contributed by atoms with Gasteiger partial charge in [-0.15, -0.1) is 0 Å². The van der Waals surface area contributed by atoms with E-state index in [2.05, 4.69) is 5.32 Å². The number of para-hydroxylation sites is 1. The van der Waals surface area contributed by atoms with Crippen molar-refractivity contribution in [2.45, 2.75) is 12.0 Å². The predicted molar refractivity (Wildman–Crippen MR) is 54.7 cm³/mol. The van der Waals surface area contributed by atoms with Crippen LogP contribution in [0, 0.1) is 0 Å². The van der Waals surface area contributed by atoms with Crippen LogP contribution in [0.15, 0.2) is 24.3 Å². The number of nitrogens with zero attached hydrogens (tertiary/aromatic N) is 1. The van der Waals surface area contributed by atoms with Gasteiger partial charge in [0.05, 0.1) is 6.61 Å². The number of benzene rings is 1. The molecular weight excluding hydrogens is 227 g/mol. The lowest BCUT2D eigenvalue weighted by Gasteiger charge is -2.32. The number of rotatable bonds is 0. The highest BCUT2D eigenvalue weighted by Gasteiger charge is 2.55. The van der Waals surface area contributed by atoms with Crippen LogP contribution in [0.5, 0.6) is 5.75 Å². The van der Waals surface area contributed by atoms with Crippen molar-refractivity contribution >= 4 is 11.9 Å². The van der Waals surface area contributed by atoms with E-state index >= 15 is 0 Å². The first-order valence-electron chi connectivity index (χ1n) is 5.20. The topological polar surface area (TPSA) is 58.6 Å². The number of hydrogen-bond acceptors (Lipinski definition) is 3. The molecule has 1 fully saturated rings. The van der Waals surface area contributed by atoms with E-state index in [4.69, 9.17) is 4.74 Å². The molecule has 1 atom stereocenters. The Hall–Kier alpha value is -2.11. The average Bonchev–Trinajstić information content (AvgIpc) is 2.56. The Kier molecular flexibility index (Phi) is 1.89. The summed E-state index contributed by atoms with van der Waals surface area (Å²) in [6.45, 7) is 0.261. The van der Waals surface area contributed by atoms with Gasteiger partial charge in [-0.1, -0.05) is 27.8 Å². The number of carbonyl (C=O) groups is 2. The van der Waals surface area contributed by atoms with Crippen LogP contribution in [-0.2, 0) is 10.3 Å². The number of fused-ring (bicyclic) bond motifs is 2. The molecule has 2 aliphatic rings. The second-order valence-electron chi connectivity index (χ2n) is 4.02. The number of ether oxygens (including phenoxy) is 1. The smallest absolute Gasteiger partial charge is 0.354 e. The molecule has 1 aromatic carbocycles. The van der Waals surface area contributed by atoms with E-state index in [0.29, 0.717) is 11.3 Å². The number of amides is 3. The lowest BCUT2D eigenvalue weighted by molar-refractivity contribution is -0.142. The molecule has 1 spiro atoms. The third-order valence-electron chi connectivity index (χ3n) is 3.12. The van der Waals surface area contributed by atoms with Crippen molar-refractivity contribution in [3.05, 3.63) is 29.8 Å². The van der Waals surface area contributed by atoms with Crippen molar-refractivity contribution in [1.82, 2.24) is 10.4 Å². The van der Waals surface area contributed by atoms with Crippen LogP contribution in [0.2, 0.25) is 0 Å². The quantitative estimate of drug-likeness (QED) is 0.542. The largest absolute Gasteiger partial charge is 0.493 e. The van der Waals surface area contributed by atoms with Gasteiger partial charge in [0.15, 0.2) is 5.54 Å².